The van der Waals surface area contributed by atoms with Crippen LogP contribution in [0.25, 0.3) is 0 Å². The maximum atomic E-state index is 14.2. The normalized spacial score (nSPS) is 16.1. The number of nitrogens with zero attached hydrogens (tertiary/aromatic N) is 1. The molecule has 0 bridgehead atoms. The Balaban J connectivity index is 1.87. The summed E-state index contributed by atoms with van der Waals surface area (Å²) in [7, 11) is -3.80. The molecule has 9 heteroatoms. The Hall–Kier alpha value is -1.67. The summed E-state index contributed by atoms with van der Waals surface area (Å²) < 4.78 is 41.4. The van der Waals surface area contributed by atoms with Crippen LogP contribution in [0.2, 0.25) is 10.0 Å². The van der Waals surface area contributed by atoms with E-state index < -0.39 is 21.7 Å². The Labute approximate surface area is 173 Å². The monoisotopic (exact) mass is 444 g/mol. The first kappa shape index (κ1) is 21.0. The molecule has 2 aromatic carbocycles. The number of benzene rings is 2. The molecule has 0 spiro atoms. The predicted molar refractivity (Wildman–Crippen MR) is 108 cm³/mol. The van der Waals surface area contributed by atoms with Crippen LogP contribution in [0.5, 0.6) is 0 Å². The Morgan fingerprint density at radius 2 is 1.82 bits per heavy atom. The zero-order valence-electron chi connectivity index (χ0n) is 15.1. The van der Waals surface area contributed by atoms with Crippen LogP contribution < -0.4 is 5.32 Å². The zero-order valence-corrected chi connectivity index (χ0v) is 17.4. The molecule has 1 saturated heterocycles. The molecule has 28 heavy (non-hydrogen) atoms. The molecule has 2 aromatic rings. The van der Waals surface area contributed by atoms with Gasteiger partial charge in [-0.2, -0.15) is 4.31 Å². The SMILES string of the molecule is CC1CCN(S(=O)(=O)c2ccc(F)c(C(=O)Nc3ccc(Cl)cc3Cl)c2)CC1. The molecule has 150 valence electrons. The molecule has 0 aliphatic carbocycles. The molecular formula is C19H19Cl2FN2O3S. The highest BCUT2D eigenvalue weighted by molar-refractivity contribution is 7.89. The van der Waals surface area contributed by atoms with Crippen molar-refractivity contribution in [3.05, 3.63) is 57.8 Å². The van der Waals surface area contributed by atoms with E-state index in [0.29, 0.717) is 24.0 Å². The number of halogens is 3. The van der Waals surface area contributed by atoms with Crippen LogP contribution in [-0.4, -0.2) is 31.7 Å². The van der Waals surface area contributed by atoms with Crippen LogP contribution in [0.15, 0.2) is 41.3 Å². The van der Waals surface area contributed by atoms with Crippen LogP contribution in [0.4, 0.5) is 10.1 Å². The van der Waals surface area contributed by atoms with Crippen molar-refractivity contribution in [3.8, 4) is 0 Å². The van der Waals surface area contributed by atoms with E-state index in [-0.39, 0.29) is 21.2 Å². The molecule has 0 unspecified atom stereocenters. The first-order chi connectivity index (χ1) is 13.2. The van der Waals surface area contributed by atoms with Crippen LogP contribution in [-0.2, 0) is 10.0 Å². The molecule has 5 nitrogen and oxygen atoms in total. The predicted octanol–water partition coefficient (Wildman–Crippen LogP) is 4.81. The van der Waals surface area contributed by atoms with Crippen LogP contribution >= 0.6 is 23.2 Å². The van der Waals surface area contributed by atoms with Crippen molar-refractivity contribution < 1.29 is 17.6 Å². The van der Waals surface area contributed by atoms with E-state index in [4.69, 9.17) is 23.2 Å². The lowest BCUT2D eigenvalue weighted by Gasteiger charge is -2.29. The molecule has 0 atom stereocenters. The van der Waals surface area contributed by atoms with Crippen molar-refractivity contribution in [2.24, 2.45) is 5.92 Å². The molecule has 3 rings (SSSR count). The highest BCUT2D eigenvalue weighted by Crippen LogP contribution is 2.28. The number of anilines is 1. The minimum absolute atomic E-state index is 0.115. The fourth-order valence-corrected chi connectivity index (χ4v) is 4.95. The number of sulfonamides is 1. The van der Waals surface area contributed by atoms with E-state index in [0.717, 1.165) is 25.0 Å². The lowest BCUT2D eigenvalue weighted by Crippen LogP contribution is -2.38. The molecule has 1 heterocycles. The van der Waals surface area contributed by atoms with E-state index in [9.17, 15) is 17.6 Å². The van der Waals surface area contributed by atoms with Crippen LogP contribution in [0.3, 0.4) is 0 Å². The Morgan fingerprint density at radius 1 is 1.14 bits per heavy atom. The van der Waals surface area contributed by atoms with E-state index in [1.807, 2.05) is 0 Å². The van der Waals surface area contributed by atoms with Gasteiger partial charge in [-0.1, -0.05) is 30.1 Å². The number of nitrogens with one attached hydrogen (secondary N) is 1. The summed E-state index contributed by atoms with van der Waals surface area (Å²) in [6.45, 7) is 2.89. The fourth-order valence-electron chi connectivity index (χ4n) is 2.99. The number of carbonyl (C=O) groups excluding carboxylic acids is 1. The number of rotatable bonds is 4. The van der Waals surface area contributed by atoms with Crippen molar-refractivity contribution in [1.29, 1.82) is 0 Å². The maximum Gasteiger partial charge on any atom is 0.258 e. The largest absolute Gasteiger partial charge is 0.321 e. The topological polar surface area (TPSA) is 66.5 Å². The maximum absolute atomic E-state index is 14.2. The highest BCUT2D eigenvalue weighted by atomic mass is 35.5. The van der Waals surface area contributed by atoms with Gasteiger partial charge in [-0.05, 0) is 55.2 Å². The highest BCUT2D eigenvalue weighted by Gasteiger charge is 2.29. The van der Waals surface area contributed by atoms with E-state index in [2.05, 4.69) is 12.2 Å². The van der Waals surface area contributed by atoms with Crippen molar-refractivity contribution in [1.82, 2.24) is 4.31 Å². The van der Waals surface area contributed by atoms with Gasteiger partial charge in [0.2, 0.25) is 10.0 Å². The number of carbonyl (C=O) groups is 1. The number of piperidine rings is 1. The Morgan fingerprint density at radius 3 is 2.46 bits per heavy atom. The molecule has 1 aliphatic heterocycles. The van der Waals surface area contributed by atoms with Gasteiger partial charge < -0.3 is 5.32 Å². The minimum atomic E-state index is -3.80. The summed E-state index contributed by atoms with van der Waals surface area (Å²) in [5.74, 6) is -1.16. The molecular weight excluding hydrogens is 426 g/mol. The van der Waals surface area contributed by atoms with Gasteiger partial charge in [0.15, 0.2) is 0 Å². The van der Waals surface area contributed by atoms with Gasteiger partial charge in [0.1, 0.15) is 5.82 Å². The number of hydrogen-bond acceptors (Lipinski definition) is 3. The smallest absolute Gasteiger partial charge is 0.258 e. The molecule has 1 fully saturated rings. The van der Waals surface area contributed by atoms with Gasteiger partial charge in [-0.3, -0.25) is 4.79 Å². The number of hydrogen-bond donors (Lipinski definition) is 1. The van der Waals surface area contributed by atoms with Crippen molar-refractivity contribution in [3.63, 3.8) is 0 Å². The summed E-state index contributed by atoms with van der Waals surface area (Å²) in [4.78, 5) is 12.4. The molecule has 0 aromatic heterocycles. The van der Waals surface area contributed by atoms with Gasteiger partial charge in [0.05, 0.1) is 21.2 Å². The van der Waals surface area contributed by atoms with Gasteiger partial charge in [-0.15, -0.1) is 0 Å². The third-order valence-corrected chi connectivity index (χ3v) is 7.18. The summed E-state index contributed by atoms with van der Waals surface area (Å²) in [5.41, 5.74) is -0.133. The van der Waals surface area contributed by atoms with Gasteiger partial charge in [-0.25, -0.2) is 12.8 Å². The summed E-state index contributed by atoms with van der Waals surface area (Å²) in [5, 5.41) is 3.06. The van der Waals surface area contributed by atoms with Crippen molar-refractivity contribution in [2.45, 2.75) is 24.7 Å². The minimum Gasteiger partial charge on any atom is -0.321 e. The van der Waals surface area contributed by atoms with Gasteiger partial charge in [0.25, 0.3) is 5.91 Å². The quantitative estimate of drug-likeness (QED) is 0.735. The van der Waals surface area contributed by atoms with E-state index in [1.165, 1.54) is 28.6 Å². The van der Waals surface area contributed by atoms with Crippen molar-refractivity contribution >= 4 is 44.8 Å². The second-order valence-corrected chi connectivity index (χ2v) is 9.59. The zero-order chi connectivity index (χ0) is 20.5. The lowest BCUT2D eigenvalue weighted by atomic mass is 10.0. The summed E-state index contributed by atoms with van der Waals surface area (Å²) in [6, 6.07) is 7.66. The summed E-state index contributed by atoms with van der Waals surface area (Å²) in [6.07, 6.45) is 1.53. The Kier molecular flexibility index (Phi) is 6.29. The fraction of sp³-hybridized carbons (Fsp3) is 0.316. The van der Waals surface area contributed by atoms with Crippen LogP contribution in [0, 0.1) is 11.7 Å². The van der Waals surface area contributed by atoms with E-state index in [1.54, 1.807) is 0 Å². The molecule has 0 radical (unpaired) electrons. The van der Waals surface area contributed by atoms with E-state index >= 15 is 0 Å². The standard InChI is InChI=1S/C19H19Cl2FN2O3S/c1-12-6-8-24(9-7-12)28(26,27)14-3-4-17(22)15(11-14)19(25)23-18-5-2-13(20)10-16(18)21/h2-5,10-12H,6-9H2,1H3,(H,23,25). The molecule has 0 saturated carbocycles. The van der Waals surface area contributed by atoms with Crippen molar-refractivity contribution in [2.75, 3.05) is 18.4 Å². The third kappa shape index (κ3) is 4.49. The lowest BCUT2D eigenvalue weighted by molar-refractivity contribution is 0.102. The average Bonchev–Trinajstić information content (AvgIpc) is 2.64. The molecule has 1 aliphatic rings. The van der Waals surface area contributed by atoms with Crippen LogP contribution in [0.1, 0.15) is 30.1 Å². The average molecular weight is 445 g/mol. The Bertz CT molecular complexity index is 1010. The van der Waals surface area contributed by atoms with Gasteiger partial charge >= 0.3 is 0 Å². The first-order valence-corrected chi connectivity index (χ1v) is 10.9. The third-order valence-electron chi connectivity index (χ3n) is 4.74. The summed E-state index contributed by atoms with van der Waals surface area (Å²) >= 11 is 11.8. The number of amides is 1. The molecule has 1 N–H and O–H groups in total. The second kappa shape index (κ2) is 8.37. The molecule has 1 amide bonds. The second-order valence-electron chi connectivity index (χ2n) is 6.81. The van der Waals surface area contributed by atoms with Gasteiger partial charge in [0, 0.05) is 18.1 Å². The first-order valence-electron chi connectivity index (χ1n) is 8.74.